The van der Waals surface area contributed by atoms with E-state index in [1.165, 1.54) is 66.8 Å². The molecule has 0 heteroatoms. The summed E-state index contributed by atoms with van der Waals surface area (Å²) in [4.78, 5) is 0. The van der Waals surface area contributed by atoms with E-state index >= 15 is 0 Å². The first-order valence-electron chi connectivity index (χ1n) is 14.0. The second kappa shape index (κ2) is 10.6. The maximum atomic E-state index is 4.71. The third-order valence-electron chi connectivity index (χ3n) is 8.38. The Morgan fingerprint density at radius 3 is 2.45 bits per heavy atom. The summed E-state index contributed by atoms with van der Waals surface area (Å²) in [5, 5.41) is 0. The van der Waals surface area contributed by atoms with E-state index in [-0.39, 0.29) is 5.92 Å². The lowest BCUT2D eigenvalue weighted by Crippen LogP contribution is -2.21. The van der Waals surface area contributed by atoms with E-state index in [0.29, 0.717) is 5.92 Å². The smallest absolute Gasteiger partial charge is 0.0201 e. The molecule has 0 aromatic heterocycles. The van der Waals surface area contributed by atoms with Crippen LogP contribution in [0.1, 0.15) is 74.6 Å². The number of benzene rings is 2. The Kier molecular flexibility index (Phi) is 7.26. The minimum Gasteiger partial charge on any atom is -0.0955 e. The van der Waals surface area contributed by atoms with E-state index in [1.54, 1.807) is 0 Å². The molecule has 1 saturated carbocycles. The quantitative estimate of drug-likeness (QED) is 0.357. The van der Waals surface area contributed by atoms with Crippen LogP contribution in [0.5, 0.6) is 0 Å². The molecule has 0 spiro atoms. The molecule has 2 atom stereocenters. The first-order valence-corrected chi connectivity index (χ1v) is 14.0. The molecule has 0 heterocycles. The fourth-order valence-electron chi connectivity index (χ4n) is 6.63. The largest absolute Gasteiger partial charge is 0.0955 e. The number of rotatable bonds is 7. The zero-order valence-corrected chi connectivity index (χ0v) is 23.5. The number of aryl methyl sites for hydroxylation is 1. The molecule has 0 nitrogen and oxygen atoms in total. The summed E-state index contributed by atoms with van der Waals surface area (Å²) in [6.45, 7) is 22.3. The Bertz CT molecular complexity index is 1480. The highest BCUT2D eigenvalue weighted by Gasteiger charge is 2.40. The van der Waals surface area contributed by atoms with Crippen molar-refractivity contribution in [1.82, 2.24) is 0 Å². The predicted molar refractivity (Wildman–Crippen MR) is 166 cm³/mol. The third kappa shape index (κ3) is 4.81. The SMILES string of the molecule is C=C(CCC)C1=C(C)C=C2C/C(=C\C3=CC=C(c4ccc(C)cc4C(=C)C)C3)C(=C)C2C1c1ccccc1. The standard InChI is InChI=1S/C38H40/c1-8-12-26(5)36-27(6)20-33-23-32(28(7)37(33)38(36)30-13-10-9-11-14-30)22-29-16-17-31(21-29)34-18-15-25(4)19-35(34)24(2)3/h9-11,13-20,22,37-38H,2,5,7-8,12,21,23H2,1,3-4,6H3/b32-22+. The Morgan fingerprint density at radius 1 is 0.974 bits per heavy atom. The van der Waals surface area contributed by atoms with E-state index in [9.17, 15) is 0 Å². The van der Waals surface area contributed by atoms with Gasteiger partial charge in [-0.3, -0.25) is 0 Å². The fourth-order valence-corrected chi connectivity index (χ4v) is 6.63. The van der Waals surface area contributed by atoms with Gasteiger partial charge < -0.3 is 0 Å². The van der Waals surface area contributed by atoms with Crippen LogP contribution < -0.4 is 0 Å². The summed E-state index contributed by atoms with van der Waals surface area (Å²) < 4.78 is 0. The highest BCUT2D eigenvalue weighted by Crippen LogP contribution is 2.55. The van der Waals surface area contributed by atoms with Gasteiger partial charge in [-0.05, 0) is 90.2 Å². The second-order valence-corrected chi connectivity index (χ2v) is 11.3. The lowest BCUT2D eigenvalue weighted by molar-refractivity contribution is 0.619. The maximum absolute atomic E-state index is 4.71. The second-order valence-electron chi connectivity index (χ2n) is 11.3. The van der Waals surface area contributed by atoms with Crippen LogP contribution in [-0.2, 0) is 0 Å². The van der Waals surface area contributed by atoms with Crippen LogP contribution in [0.2, 0.25) is 0 Å². The van der Waals surface area contributed by atoms with Gasteiger partial charge in [-0.2, -0.15) is 0 Å². The van der Waals surface area contributed by atoms with Gasteiger partial charge in [0.15, 0.2) is 0 Å². The van der Waals surface area contributed by atoms with Crippen molar-refractivity contribution in [2.45, 2.75) is 59.3 Å². The van der Waals surface area contributed by atoms with Crippen molar-refractivity contribution < 1.29 is 0 Å². The summed E-state index contributed by atoms with van der Waals surface area (Å²) in [6, 6.07) is 17.7. The van der Waals surface area contributed by atoms with Crippen LogP contribution in [0.3, 0.4) is 0 Å². The summed E-state index contributed by atoms with van der Waals surface area (Å²) in [7, 11) is 0. The van der Waals surface area contributed by atoms with Crippen molar-refractivity contribution in [3.8, 4) is 0 Å². The molecule has 0 saturated heterocycles. The van der Waals surface area contributed by atoms with Gasteiger partial charge in [-0.15, -0.1) is 0 Å². The predicted octanol–water partition coefficient (Wildman–Crippen LogP) is 10.6. The molecule has 5 rings (SSSR count). The average Bonchev–Trinajstić information content (AvgIpc) is 3.48. The minimum absolute atomic E-state index is 0.283. The lowest BCUT2D eigenvalue weighted by atomic mass is 9.69. The van der Waals surface area contributed by atoms with Gasteiger partial charge in [0.25, 0.3) is 0 Å². The number of hydrogen-bond donors (Lipinski definition) is 0. The van der Waals surface area contributed by atoms with Crippen molar-refractivity contribution in [1.29, 1.82) is 0 Å². The molecule has 2 aromatic rings. The van der Waals surface area contributed by atoms with Crippen LogP contribution in [-0.4, -0.2) is 0 Å². The minimum atomic E-state index is 0.283. The molecule has 192 valence electrons. The van der Waals surface area contributed by atoms with Crippen molar-refractivity contribution in [2.75, 3.05) is 0 Å². The fraction of sp³-hybridized carbons (Fsp3) is 0.263. The summed E-state index contributed by atoms with van der Waals surface area (Å²) in [5.41, 5.74) is 17.3. The Hall–Kier alpha value is -3.64. The van der Waals surface area contributed by atoms with Crippen molar-refractivity contribution >= 4 is 11.1 Å². The topological polar surface area (TPSA) is 0 Å². The number of fused-ring (bicyclic) bond motifs is 1. The Morgan fingerprint density at radius 2 is 1.74 bits per heavy atom. The zero-order chi connectivity index (χ0) is 27.0. The molecule has 0 amide bonds. The summed E-state index contributed by atoms with van der Waals surface area (Å²) >= 11 is 0. The molecule has 1 fully saturated rings. The highest BCUT2D eigenvalue weighted by atomic mass is 14.4. The van der Waals surface area contributed by atoms with Crippen molar-refractivity contribution in [3.05, 3.63) is 154 Å². The molecule has 3 aliphatic carbocycles. The molecule has 38 heavy (non-hydrogen) atoms. The van der Waals surface area contributed by atoms with Crippen molar-refractivity contribution in [2.24, 2.45) is 5.92 Å². The number of allylic oxidation sites excluding steroid dienone is 13. The first-order chi connectivity index (χ1) is 18.3. The van der Waals surface area contributed by atoms with Gasteiger partial charge in [0.05, 0.1) is 0 Å². The van der Waals surface area contributed by atoms with Crippen LogP contribution in [0.4, 0.5) is 0 Å². The Labute approximate surface area is 229 Å². The highest BCUT2D eigenvalue weighted by molar-refractivity contribution is 5.82. The van der Waals surface area contributed by atoms with Gasteiger partial charge in [0.1, 0.15) is 0 Å². The molecular weight excluding hydrogens is 456 g/mol. The third-order valence-corrected chi connectivity index (χ3v) is 8.38. The van der Waals surface area contributed by atoms with E-state index in [0.717, 1.165) is 31.3 Å². The molecule has 0 aliphatic heterocycles. The summed E-state index contributed by atoms with van der Waals surface area (Å²) in [5.74, 6) is 0.586. The van der Waals surface area contributed by atoms with Crippen LogP contribution in [0.15, 0.2) is 132 Å². The molecule has 0 N–H and O–H groups in total. The van der Waals surface area contributed by atoms with E-state index in [4.69, 9.17) is 6.58 Å². The lowest BCUT2D eigenvalue weighted by Gasteiger charge is -2.34. The van der Waals surface area contributed by atoms with E-state index in [2.05, 4.69) is 114 Å². The van der Waals surface area contributed by atoms with Crippen LogP contribution >= 0.6 is 0 Å². The summed E-state index contributed by atoms with van der Waals surface area (Å²) in [6.07, 6.45) is 13.5. The normalized spacial score (nSPS) is 21.8. The average molecular weight is 497 g/mol. The molecule has 3 aliphatic rings. The van der Waals surface area contributed by atoms with Gasteiger partial charge in [0.2, 0.25) is 0 Å². The van der Waals surface area contributed by atoms with E-state index in [1.807, 2.05) is 0 Å². The Balaban J connectivity index is 1.44. The number of hydrogen-bond acceptors (Lipinski definition) is 0. The van der Waals surface area contributed by atoms with Crippen LogP contribution in [0, 0.1) is 12.8 Å². The van der Waals surface area contributed by atoms with Gasteiger partial charge in [-0.25, -0.2) is 0 Å². The van der Waals surface area contributed by atoms with Crippen molar-refractivity contribution in [3.63, 3.8) is 0 Å². The molecule has 2 unspecified atom stereocenters. The van der Waals surface area contributed by atoms with Gasteiger partial charge >= 0.3 is 0 Å². The molecular formula is C38H40. The molecule has 2 aromatic carbocycles. The monoisotopic (exact) mass is 496 g/mol. The van der Waals surface area contributed by atoms with Crippen LogP contribution in [0.25, 0.3) is 11.1 Å². The molecule has 0 bridgehead atoms. The maximum Gasteiger partial charge on any atom is 0.0201 e. The van der Waals surface area contributed by atoms with Gasteiger partial charge in [-0.1, -0.05) is 128 Å². The first kappa shape index (κ1) is 26.0. The zero-order valence-electron chi connectivity index (χ0n) is 23.5. The van der Waals surface area contributed by atoms with Gasteiger partial charge in [0, 0.05) is 11.8 Å². The molecule has 0 radical (unpaired) electrons. The van der Waals surface area contributed by atoms with E-state index < -0.39 is 0 Å².